The molecule has 0 N–H and O–H groups in total. The zero-order valence-electron chi connectivity index (χ0n) is 14.4. The highest BCUT2D eigenvalue weighted by Gasteiger charge is 2.16. The average Bonchev–Trinajstić information content (AvgIpc) is 3.16. The van der Waals surface area contributed by atoms with Gasteiger partial charge in [0.25, 0.3) is 0 Å². The van der Waals surface area contributed by atoms with Gasteiger partial charge in [0.15, 0.2) is 0 Å². The summed E-state index contributed by atoms with van der Waals surface area (Å²) < 4.78 is 0. The second-order valence-electron chi connectivity index (χ2n) is 6.40. The minimum atomic E-state index is 1.30. The second-order valence-corrected chi connectivity index (χ2v) is 9.32. The summed E-state index contributed by atoms with van der Waals surface area (Å²) in [5.41, 5.74) is 8.04. The summed E-state index contributed by atoms with van der Waals surface area (Å²) in [6, 6.07) is 18.1. The molecule has 2 heteroatoms. The molecule has 24 heavy (non-hydrogen) atoms. The summed E-state index contributed by atoms with van der Waals surface area (Å²) in [5.74, 6) is 0. The van der Waals surface area contributed by atoms with Crippen molar-refractivity contribution in [1.29, 1.82) is 0 Å². The molecule has 0 saturated carbocycles. The summed E-state index contributed by atoms with van der Waals surface area (Å²) in [6.07, 6.45) is 0. The van der Waals surface area contributed by atoms with Gasteiger partial charge in [-0.2, -0.15) is 0 Å². The molecule has 0 amide bonds. The molecule has 120 valence electrons. The van der Waals surface area contributed by atoms with Gasteiger partial charge in [-0.3, -0.25) is 0 Å². The Labute approximate surface area is 151 Å². The average molecular weight is 349 g/mol. The zero-order valence-corrected chi connectivity index (χ0v) is 16.1. The fourth-order valence-corrected chi connectivity index (χ4v) is 5.36. The van der Waals surface area contributed by atoms with E-state index in [4.69, 9.17) is 0 Å². The molecule has 0 atom stereocenters. The van der Waals surface area contributed by atoms with E-state index < -0.39 is 0 Å². The molecule has 0 bridgehead atoms. The molecule has 0 fully saturated rings. The van der Waals surface area contributed by atoms with Gasteiger partial charge in [0.1, 0.15) is 0 Å². The van der Waals surface area contributed by atoms with Gasteiger partial charge in [0.2, 0.25) is 0 Å². The standard InChI is InChI=1S/C22H20S2/c1-13-10-20(15(3)23-13)19-9-8-17-6-5-7-18(17)12-22(19)21-11-14(2)24-16(21)4/h5-12H,1-4H3. The Kier molecular flexibility index (Phi) is 3.82. The van der Waals surface area contributed by atoms with Crippen molar-refractivity contribution in [3.63, 3.8) is 0 Å². The van der Waals surface area contributed by atoms with Crippen LogP contribution in [0.25, 0.3) is 33.4 Å². The minimum Gasteiger partial charge on any atom is -0.145 e. The topological polar surface area (TPSA) is 0 Å². The lowest BCUT2D eigenvalue weighted by Crippen LogP contribution is -1.82. The zero-order chi connectivity index (χ0) is 16.8. The summed E-state index contributed by atoms with van der Waals surface area (Å²) in [4.78, 5) is 5.53. The summed E-state index contributed by atoms with van der Waals surface area (Å²) in [6.45, 7) is 8.86. The number of fused-ring (bicyclic) bond motifs is 1. The molecule has 0 radical (unpaired) electrons. The van der Waals surface area contributed by atoms with Crippen molar-refractivity contribution in [1.82, 2.24) is 0 Å². The van der Waals surface area contributed by atoms with Crippen LogP contribution in [0.15, 0.2) is 48.5 Å². The van der Waals surface area contributed by atoms with Crippen molar-refractivity contribution >= 4 is 22.7 Å². The molecule has 2 heterocycles. The fraction of sp³-hybridized carbons (Fsp3) is 0.182. The van der Waals surface area contributed by atoms with Gasteiger partial charge in [0, 0.05) is 19.5 Å². The van der Waals surface area contributed by atoms with Crippen LogP contribution in [-0.4, -0.2) is 0 Å². The van der Waals surface area contributed by atoms with Crippen molar-refractivity contribution in [3.8, 4) is 33.4 Å². The molecule has 4 rings (SSSR count). The third-order valence-electron chi connectivity index (χ3n) is 4.57. The van der Waals surface area contributed by atoms with Crippen molar-refractivity contribution < 1.29 is 0 Å². The SMILES string of the molecule is Cc1cc(-c2ccc3cccc-3cc2-c2cc(C)sc2C)c(C)s1. The molecule has 0 aromatic carbocycles. The summed E-state index contributed by atoms with van der Waals surface area (Å²) in [5, 5.41) is 0. The maximum absolute atomic E-state index is 2.37. The van der Waals surface area contributed by atoms with E-state index in [9.17, 15) is 0 Å². The quantitative estimate of drug-likeness (QED) is 0.352. The van der Waals surface area contributed by atoms with Gasteiger partial charge in [-0.05, 0) is 79.3 Å². The first kappa shape index (κ1) is 15.6. The number of aryl methyl sites for hydroxylation is 4. The first-order valence-corrected chi connectivity index (χ1v) is 9.84. The van der Waals surface area contributed by atoms with E-state index in [1.54, 1.807) is 0 Å². The van der Waals surface area contributed by atoms with Crippen LogP contribution < -0.4 is 0 Å². The van der Waals surface area contributed by atoms with Gasteiger partial charge in [-0.25, -0.2) is 0 Å². The molecule has 0 spiro atoms. The molecule has 2 aliphatic carbocycles. The monoisotopic (exact) mass is 348 g/mol. The maximum atomic E-state index is 2.37. The molecule has 0 nitrogen and oxygen atoms in total. The molecule has 0 aliphatic heterocycles. The molecule has 0 unspecified atom stereocenters. The van der Waals surface area contributed by atoms with Crippen LogP contribution >= 0.6 is 22.7 Å². The van der Waals surface area contributed by atoms with Gasteiger partial charge >= 0.3 is 0 Å². The van der Waals surface area contributed by atoms with E-state index in [0.29, 0.717) is 0 Å². The van der Waals surface area contributed by atoms with Crippen molar-refractivity contribution in [2.45, 2.75) is 27.7 Å². The van der Waals surface area contributed by atoms with Crippen LogP contribution in [0.2, 0.25) is 0 Å². The Bertz CT molecular complexity index is 1000. The van der Waals surface area contributed by atoms with Crippen molar-refractivity contribution in [3.05, 3.63) is 68.0 Å². The third kappa shape index (κ3) is 2.60. The predicted octanol–water partition coefficient (Wildman–Crippen LogP) is 7.48. The Morgan fingerprint density at radius 3 is 1.71 bits per heavy atom. The lowest BCUT2D eigenvalue weighted by atomic mass is 9.96. The normalized spacial score (nSPS) is 11.3. The maximum Gasteiger partial charge on any atom is 0.00956 e. The van der Waals surface area contributed by atoms with E-state index in [1.807, 2.05) is 22.7 Å². The lowest BCUT2D eigenvalue weighted by molar-refractivity contribution is 1.55. The van der Waals surface area contributed by atoms with Crippen LogP contribution in [-0.2, 0) is 0 Å². The lowest BCUT2D eigenvalue weighted by Gasteiger charge is -2.07. The highest BCUT2D eigenvalue weighted by Crippen LogP contribution is 2.42. The fourth-order valence-electron chi connectivity index (χ4n) is 3.48. The number of rotatable bonds is 2. The molecular formula is C22H20S2. The largest absolute Gasteiger partial charge is 0.145 e. The predicted molar refractivity (Wildman–Crippen MR) is 109 cm³/mol. The number of hydrogen-bond acceptors (Lipinski definition) is 2. The molecular weight excluding hydrogens is 328 g/mol. The van der Waals surface area contributed by atoms with Crippen LogP contribution in [0.1, 0.15) is 19.5 Å². The van der Waals surface area contributed by atoms with E-state index in [2.05, 4.69) is 76.2 Å². The number of hydrogen-bond donors (Lipinski definition) is 0. The Hall–Kier alpha value is -1.90. The Balaban J connectivity index is 2.08. The molecule has 2 aromatic heterocycles. The molecule has 0 saturated heterocycles. The van der Waals surface area contributed by atoms with Gasteiger partial charge < -0.3 is 0 Å². The highest BCUT2D eigenvalue weighted by atomic mass is 32.1. The summed E-state index contributed by atoms with van der Waals surface area (Å²) in [7, 11) is 0. The minimum absolute atomic E-state index is 1.30. The second kappa shape index (κ2) is 5.87. The van der Waals surface area contributed by atoms with Gasteiger partial charge in [-0.15, -0.1) is 22.7 Å². The van der Waals surface area contributed by atoms with Crippen molar-refractivity contribution in [2.24, 2.45) is 0 Å². The third-order valence-corrected chi connectivity index (χ3v) is 6.50. The smallest absolute Gasteiger partial charge is 0.00956 e. The van der Waals surface area contributed by atoms with E-state index in [-0.39, 0.29) is 0 Å². The Morgan fingerprint density at radius 2 is 1.12 bits per heavy atom. The summed E-state index contributed by atoms with van der Waals surface area (Å²) >= 11 is 3.77. The number of thiophene rings is 2. The first-order valence-electron chi connectivity index (χ1n) is 8.20. The van der Waals surface area contributed by atoms with Crippen LogP contribution in [0.5, 0.6) is 0 Å². The Morgan fingerprint density at radius 1 is 0.542 bits per heavy atom. The molecule has 2 aromatic rings. The van der Waals surface area contributed by atoms with Gasteiger partial charge in [-0.1, -0.05) is 30.3 Å². The van der Waals surface area contributed by atoms with Crippen LogP contribution in [0, 0.1) is 27.7 Å². The first-order chi connectivity index (χ1) is 11.5. The van der Waals surface area contributed by atoms with E-state index >= 15 is 0 Å². The van der Waals surface area contributed by atoms with Crippen molar-refractivity contribution in [2.75, 3.05) is 0 Å². The van der Waals surface area contributed by atoms with Crippen LogP contribution in [0.4, 0.5) is 0 Å². The van der Waals surface area contributed by atoms with E-state index in [1.165, 1.54) is 52.9 Å². The molecule has 2 aliphatic rings. The van der Waals surface area contributed by atoms with Gasteiger partial charge in [0.05, 0.1) is 0 Å². The van der Waals surface area contributed by atoms with Crippen LogP contribution in [0.3, 0.4) is 0 Å². The van der Waals surface area contributed by atoms with E-state index in [0.717, 1.165) is 0 Å². The highest BCUT2D eigenvalue weighted by molar-refractivity contribution is 7.12.